The molecular weight excluding hydrogens is 156 g/mol. The van der Waals surface area contributed by atoms with Gasteiger partial charge in [-0.05, 0) is 42.2 Å². The summed E-state index contributed by atoms with van der Waals surface area (Å²) in [6.45, 7) is 4.61. The topological polar surface area (TPSA) is 0 Å². The summed E-state index contributed by atoms with van der Waals surface area (Å²) in [7, 11) is 0. The van der Waals surface area contributed by atoms with Crippen molar-refractivity contribution in [2.45, 2.75) is 44.9 Å². The minimum absolute atomic E-state index is 0.733. The molecule has 13 heavy (non-hydrogen) atoms. The first-order chi connectivity index (χ1) is 6.33. The van der Waals surface area contributed by atoms with E-state index in [2.05, 4.69) is 38.1 Å². The van der Waals surface area contributed by atoms with Crippen LogP contribution in [-0.2, 0) is 0 Å². The molecule has 1 atom stereocenters. The first kappa shape index (κ1) is 8.80. The van der Waals surface area contributed by atoms with E-state index in [1.165, 1.54) is 19.3 Å². The summed E-state index contributed by atoms with van der Waals surface area (Å²) in [6, 6.07) is 8.98. The fourth-order valence-corrected chi connectivity index (χ4v) is 1.95. The highest BCUT2D eigenvalue weighted by Crippen LogP contribution is 2.43. The molecule has 0 heteroatoms. The summed E-state index contributed by atoms with van der Waals surface area (Å²) in [5.74, 6) is 1.63. The van der Waals surface area contributed by atoms with Crippen LogP contribution in [0.1, 0.15) is 56.1 Å². The minimum Gasteiger partial charge on any atom is -0.0648 e. The summed E-state index contributed by atoms with van der Waals surface area (Å²) in [5.41, 5.74) is 3.21. The number of hydrogen-bond donors (Lipinski definition) is 0. The van der Waals surface area contributed by atoms with Crippen LogP contribution in [0.2, 0.25) is 0 Å². The first-order valence-corrected chi connectivity index (χ1v) is 5.41. The number of hydrogen-bond acceptors (Lipinski definition) is 0. The maximum Gasteiger partial charge on any atom is -0.0159 e. The van der Waals surface area contributed by atoms with E-state index in [1.54, 1.807) is 11.1 Å². The molecule has 0 nitrogen and oxygen atoms in total. The summed E-state index contributed by atoms with van der Waals surface area (Å²) >= 11 is 0. The van der Waals surface area contributed by atoms with Gasteiger partial charge in [0.05, 0.1) is 0 Å². The van der Waals surface area contributed by atoms with Crippen LogP contribution in [0.25, 0.3) is 0 Å². The maximum atomic E-state index is 2.33. The molecule has 1 saturated carbocycles. The van der Waals surface area contributed by atoms with Crippen molar-refractivity contribution in [2.24, 2.45) is 0 Å². The minimum atomic E-state index is 0.733. The SMILES string of the molecule is CCC(C)c1ccccc1C1CC1. The van der Waals surface area contributed by atoms with Crippen LogP contribution in [-0.4, -0.2) is 0 Å². The molecule has 0 heterocycles. The second kappa shape index (κ2) is 3.53. The van der Waals surface area contributed by atoms with Crippen LogP contribution in [0.3, 0.4) is 0 Å². The second-order valence-electron chi connectivity index (χ2n) is 4.21. The lowest BCUT2D eigenvalue weighted by Crippen LogP contribution is -1.96. The highest BCUT2D eigenvalue weighted by molar-refractivity contribution is 5.35. The molecule has 1 aliphatic rings. The van der Waals surface area contributed by atoms with Crippen molar-refractivity contribution in [1.82, 2.24) is 0 Å². The van der Waals surface area contributed by atoms with Gasteiger partial charge in [-0.25, -0.2) is 0 Å². The van der Waals surface area contributed by atoms with Crippen LogP contribution in [0.4, 0.5) is 0 Å². The summed E-state index contributed by atoms with van der Waals surface area (Å²) in [6.07, 6.45) is 4.07. The second-order valence-corrected chi connectivity index (χ2v) is 4.21. The Bertz CT molecular complexity index is 284. The summed E-state index contributed by atoms with van der Waals surface area (Å²) < 4.78 is 0. The van der Waals surface area contributed by atoms with Gasteiger partial charge in [-0.2, -0.15) is 0 Å². The van der Waals surface area contributed by atoms with Crippen molar-refractivity contribution in [3.63, 3.8) is 0 Å². The van der Waals surface area contributed by atoms with Crippen molar-refractivity contribution in [3.05, 3.63) is 35.4 Å². The third-order valence-corrected chi connectivity index (χ3v) is 3.16. The third kappa shape index (κ3) is 1.77. The lowest BCUT2D eigenvalue weighted by Gasteiger charge is -2.13. The molecule has 1 aromatic carbocycles. The standard InChI is InChI=1S/C13H18/c1-3-10(2)12-6-4-5-7-13(12)11-8-9-11/h4-7,10-11H,3,8-9H2,1-2H3. The van der Waals surface area contributed by atoms with E-state index < -0.39 is 0 Å². The molecule has 0 N–H and O–H groups in total. The smallest absolute Gasteiger partial charge is 0.0159 e. The Kier molecular flexibility index (Phi) is 2.39. The Morgan fingerprint density at radius 2 is 2.00 bits per heavy atom. The molecule has 1 fully saturated rings. The van der Waals surface area contributed by atoms with Gasteiger partial charge in [0.25, 0.3) is 0 Å². The van der Waals surface area contributed by atoms with Gasteiger partial charge >= 0.3 is 0 Å². The zero-order chi connectivity index (χ0) is 9.26. The molecule has 0 bridgehead atoms. The highest BCUT2D eigenvalue weighted by atomic mass is 14.3. The van der Waals surface area contributed by atoms with Crippen molar-refractivity contribution < 1.29 is 0 Å². The van der Waals surface area contributed by atoms with Gasteiger partial charge in [-0.15, -0.1) is 0 Å². The Labute approximate surface area is 81.0 Å². The first-order valence-electron chi connectivity index (χ1n) is 5.41. The molecule has 0 amide bonds. The molecular formula is C13H18. The van der Waals surface area contributed by atoms with E-state index in [9.17, 15) is 0 Å². The average molecular weight is 174 g/mol. The van der Waals surface area contributed by atoms with Gasteiger partial charge in [0.2, 0.25) is 0 Å². The van der Waals surface area contributed by atoms with Crippen molar-refractivity contribution in [2.75, 3.05) is 0 Å². The molecule has 2 rings (SSSR count). The van der Waals surface area contributed by atoms with Crippen LogP contribution in [0, 0.1) is 0 Å². The van der Waals surface area contributed by atoms with Crippen molar-refractivity contribution in [3.8, 4) is 0 Å². The third-order valence-electron chi connectivity index (χ3n) is 3.16. The zero-order valence-corrected chi connectivity index (χ0v) is 8.59. The Morgan fingerprint density at radius 3 is 2.62 bits per heavy atom. The normalized spacial score (nSPS) is 18.6. The molecule has 1 unspecified atom stereocenters. The monoisotopic (exact) mass is 174 g/mol. The average Bonchev–Trinajstić information content (AvgIpc) is 3.00. The molecule has 0 aromatic heterocycles. The van der Waals surface area contributed by atoms with Gasteiger partial charge in [0, 0.05) is 0 Å². The predicted octanol–water partition coefficient (Wildman–Crippen LogP) is 4.08. The Balaban J connectivity index is 2.31. The highest BCUT2D eigenvalue weighted by Gasteiger charge is 2.26. The fourth-order valence-electron chi connectivity index (χ4n) is 1.95. The van der Waals surface area contributed by atoms with Gasteiger partial charge in [-0.1, -0.05) is 38.1 Å². The Hall–Kier alpha value is -0.780. The molecule has 70 valence electrons. The van der Waals surface area contributed by atoms with E-state index in [4.69, 9.17) is 0 Å². The lowest BCUT2D eigenvalue weighted by molar-refractivity contribution is 0.722. The molecule has 1 aromatic rings. The van der Waals surface area contributed by atoms with E-state index in [0.29, 0.717) is 0 Å². The molecule has 0 saturated heterocycles. The van der Waals surface area contributed by atoms with Crippen LogP contribution < -0.4 is 0 Å². The molecule has 1 aliphatic carbocycles. The van der Waals surface area contributed by atoms with Crippen molar-refractivity contribution >= 4 is 0 Å². The summed E-state index contributed by atoms with van der Waals surface area (Å²) in [4.78, 5) is 0. The summed E-state index contributed by atoms with van der Waals surface area (Å²) in [5, 5.41) is 0. The molecule has 0 aliphatic heterocycles. The van der Waals surface area contributed by atoms with E-state index in [0.717, 1.165) is 11.8 Å². The van der Waals surface area contributed by atoms with Crippen LogP contribution in [0.5, 0.6) is 0 Å². The fraction of sp³-hybridized carbons (Fsp3) is 0.538. The number of rotatable bonds is 3. The van der Waals surface area contributed by atoms with Gasteiger partial charge in [-0.3, -0.25) is 0 Å². The van der Waals surface area contributed by atoms with Crippen molar-refractivity contribution in [1.29, 1.82) is 0 Å². The number of benzene rings is 1. The molecule has 0 radical (unpaired) electrons. The van der Waals surface area contributed by atoms with E-state index in [1.807, 2.05) is 0 Å². The zero-order valence-electron chi connectivity index (χ0n) is 8.59. The molecule has 0 spiro atoms. The van der Waals surface area contributed by atoms with E-state index in [-0.39, 0.29) is 0 Å². The maximum absolute atomic E-state index is 2.33. The van der Waals surface area contributed by atoms with Crippen LogP contribution in [0.15, 0.2) is 24.3 Å². The van der Waals surface area contributed by atoms with Gasteiger partial charge < -0.3 is 0 Å². The Morgan fingerprint density at radius 1 is 1.31 bits per heavy atom. The van der Waals surface area contributed by atoms with Gasteiger partial charge in [0.1, 0.15) is 0 Å². The largest absolute Gasteiger partial charge is 0.0648 e. The lowest BCUT2D eigenvalue weighted by atomic mass is 9.92. The quantitative estimate of drug-likeness (QED) is 0.647. The van der Waals surface area contributed by atoms with E-state index >= 15 is 0 Å². The predicted molar refractivity (Wildman–Crippen MR) is 57.1 cm³/mol. The van der Waals surface area contributed by atoms with Gasteiger partial charge in [0.15, 0.2) is 0 Å². The van der Waals surface area contributed by atoms with Crippen LogP contribution >= 0.6 is 0 Å².